The van der Waals surface area contributed by atoms with Crippen LogP contribution in [0.5, 0.6) is 0 Å². The van der Waals surface area contributed by atoms with E-state index in [4.69, 9.17) is 4.74 Å². The highest BCUT2D eigenvalue weighted by atomic mass is 32.2. The minimum atomic E-state index is -0.164. The Morgan fingerprint density at radius 3 is 2.86 bits per heavy atom. The highest BCUT2D eigenvalue weighted by molar-refractivity contribution is 8.06. The SMILES string of the molecule is COCCC(C)C(O)C1CSCCS1. The molecule has 0 radical (unpaired) electrons. The Bertz CT molecular complexity index is 149. The van der Waals surface area contributed by atoms with Crippen LogP contribution in [0.25, 0.3) is 0 Å². The van der Waals surface area contributed by atoms with E-state index < -0.39 is 0 Å². The van der Waals surface area contributed by atoms with E-state index in [-0.39, 0.29) is 6.10 Å². The minimum Gasteiger partial charge on any atom is -0.392 e. The summed E-state index contributed by atoms with van der Waals surface area (Å²) in [6.07, 6.45) is 0.794. The van der Waals surface area contributed by atoms with Crippen molar-refractivity contribution in [3.05, 3.63) is 0 Å². The highest BCUT2D eigenvalue weighted by Crippen LogP contribution is 2.29. The number of ether oxygens (including phenoxy) is 1. The van der Waals surface area contributed by atoms with Crippen LogP contribution in [0, 0.1) is 5.92 Å². The van der Waals surface area contributed by atoms with Crippen LogP contribution in [0.3, 0.4) is 0 Å². The second kappa shape index (κ2) is 6.99. The van der Waals surface area contributed by atoms with Gasteiger partial charge in [0.25, 0.3) is 0 Å². The van der Waals surface area contributed by atoms with E-state index in [2.05, 4.69) is 6.92 Å². The molecule has 3 atom stereocenters. The standard InChI is InChI=1S/C10H20O2S2/c1-8(3-4-12-2)10(11)9-7-13-5-6-14-9/h8-11H,3-7H2,1-2H3. The average Bonchev–Trinajstić information content (AvgIpc) is 2.26. The fraction of sp³-hybridized carbons (Fsp3) is 1.00. The quantitative estimate of drug-likeness (QED) is 0.789. The predicted octanol–water partition coefficient (Wildman–Crippen LogP) is 1.87. The van der Waals surface area contributed by atoms with Crippen molar-refractivity contribution in [3.8, 4) is 0 Å². The molecule has 0 amide bonds. The molecule has 4 heteroatoms. The number of aliphatic hydroxyl groups excluding tert-OH is 1. The Morgan fingerprint density at radius 1 is 1.50 bits per heavy atom. The van der Waals surface area contributed by atoms with Crippen LogP contribution in [-0.4, -0.2) is 47.4 Å². The van der Waals surface area contributed by atoms with Gasteiger partial charge in [-0.3, -0.25) is 0 Å². The maximum atomic E-state index is 10.1. The number of hydrogen-bond acceptors (Lipinski definition) is 4. The van der Waals surface area contributed by atoms with Crippen molar-refractivity contribution in [1.29, 1.82) is 0 Å². The summed E-state index contributed by atoms with van der Waals surface area (Å²) in [6, 6.07) is 0. The lowest BCUT2D eigenvalue weighted by molar-refractivity contribution is 0.0903. The van der Waals surface area contributed by atoms with Crippen LogP contribution in [0.2, 0.25) is 0 Å². The lowest BCUT2D eigenvalue weighted by atomic mass is 9.99. The van der Waals surface area contributed by atoms with Gasteiger partial charge in [0.2, 0.25) is 0 Å². The Labute approximate surface area is 95.2 Å². The Hall–Kier alpha value is 0.620. The molecule has 2 nitrogen and oxygen atoms in total. The average molecular weight is 236 g/mol. The first-order valence-electron chi connectivity index (χ1n) is 5.12. The summed E-state index contributed by atoms with van der Waals surface area (Å²) in [4.78, 5) is 0. The predicted molar refractivity (Wildman–Crippen MR) is 65.2 cm³/mol. The lowest BCUT2D eigenvalue weighted by Crippen LogP contribution is -2.34. The zero-order chi connectivity index (χ0) is 10.4. The first-order valence-corrected chi connectivity index (χ1v) is 7.32. The topological polar surface area (TPSA) is 29.5 Å². The van der Waals surface area contributed by atoms with E-state index in [1.165, 1.54) is 11.5 Å². The number of methoxy groups -OCH3 is 1. The van der Waals surface area contributed by atoms with E-state index in [0.717, 1.165) is 18.8 Å². The van der Waals surface area contributed by atoms with E-state index >= 15 is 0 Å². The maximum absolute atomic E-state index is 10.1. The smallest absolute Gasteiger partial charge is 0.0693 e. The summed E-state index contributed by atoms with van der Waals surface area (Å²) in [5, 5.41) is 10.5. The van der Waals surface area contributed by atoms with E-state index in [9.17, 15) is 5.11 Å². The Balaban J connectivity index is 2.26. The van der Waals surface area contributed by atoms with Crippen molar-refractivity contribution >= 4 is 23.5 Å². The second-order valence-electron chi connectivity index (χ2n) is 3.73. The Kier molecular flexibility index (Phi) is 6.33. The molecule has 14 heavy (non-hydrogen) atoms. The van der Waals surface area contributed by atoms with Gasteiger partial charge in [-0.15, -0.1) is 0 Å². The van der Waals surface area contributed by atoms with Gasteiger partial charge in [0, 0.05) is 36.2 Å². The van der Waals surface area contributed by atoms with Gasteiger partial charge in [0.15, 0.2) is 0 Å². The van der Waals surface area contributed by atoms with Gasteiger partial charge in [-0.2, -0.15) is 23.5 Å². The number of aliphatic hydroxyl groups is 1. The molecule has 0 saturated carbocycles. The normalized spacial score (nSPS) is 27.2. The first-order chi connectivity index (χ1) is 6.75. The third kappa shape index (κ3) is 4.01. The summed E-state index contributed by atoms with van der Waals surface area (Å²) in [5.41, 5.74) is 0. The van der Waals surface area contributed by atoms with E-state index in [1.54, 1.807) is 7.11 Å². The monoisotopic (exact) mass is 236 g/mol. The Morgan fingerprint density at radius 2 is 2.29 bits per heavy atom. The van der Waals surface area contributed by atoms with E-state index in [0.29, 0.717) is 11.2 Å². The summed E-state index contributed by atoms with van der Waals surface area (Å²) >= 11 is 3.88. The molecule has 1 fully saturated rings. The zero-order valence-corrected chi connectivity index (χ0v) is 10.6. The first kappa shape index (κ1) is 12.7. The molecule has 1 saturated heterocycles. The largest absolute Gasteiger partial charge is 0.392 e. The van der Waals surface area contributed by atoms with Gasteiger partial charge >= 0.3 is 0 Å². The van der Waals surface area contributed by atoms with Crippen molar-refractivity contribution in [2.45, 2.75) is 24.7 Å². The van der Waals surface area contributed by atoms with Crippen LogP contribution in [0.1, 0.15) is 13.3 Å². The van der Waals surface area contributed by atoms with Crippen molar-refractivity contribution in [1.82, 2.24) is 0 Å². The molecule has 0 aliphatic carbocycles. The number of hydrogen-bond donors (Lipinski definition) is 1. The molecule has 1 aliphatic heterocycles. The van der Waals surface area contributed by atoms with Gasteiger partial charge < -0.3 is 9.84 Å². The molecule has 1 heterocycles. The van der Waals surface area contributed by atoms with E-state index in [1.807, 2.05) is 23.5 Å². The van der Waals surface area contributed by atoms with Crippen LogP contribution < -0.4 is 0 Å². The lowest BCUT2D eigenvalue weighted by Gasteiger charge is -2.29. The molecule has 1 aliphatic rings. The van der Waals surface area contributed by atoms with Crippen molar-refractivity contribution < 1.29 is 9.84 Å². The summed E-state index contributed by atoms with van der Waals surface area (Å²) < 4.78 is 5.03. The van der Waals surface area contributed by atoms with Crippen molar-refractivity contribution in [2.75, 3.05) is 31.0 Å². The number of rotatable bonds is 5. The molecule has 3 unspecified atom stereocenters. The highest BCUT2D eigenvalue weighted by Gasteiger charge is 2.26. The van der Waals surface area contributed by atoms with Crippen LogP contribution in [0.15, 0.2) is 0 Å². The van der Waals surface area contributed by atoms with Gasteiger partial charge in [-0.25, -0.2) is 0 Å². The van der Waals surface area contributed by atoms with Crippen LogP contribution in [-0.2, 0) is 4.74 Å². The molecule has 0 aromatic heterocycles. The number of thioether (sulfide) groups is 2. The van der Waals surface area contributed by atoms with Crippen molar-refractivity contribution in [3.63, 3.8) is 0 Å². The third-order valence-corrected chi connectivity index (χ3v) is 5.45. The zero-order valence-electron chi connectivity index (χ0n) is 8.94. The molecule has 0 bridgehead atoms. The molecule has 0 spiro atoms. The molecule has 1 N–H and O–H groups in total. The molecular formula is C10H20O2S2. The van der Waals surface area contributed by atoms with Crippen LogP contribution >= 0.6 is 23.5 Å². The van der Waals surface area contributed by atoms with Gasteiger partial charge in [-0.1, -0.05) is 6.92 Å². The second-order valence-corrected chi connectivity index (χ2v) is 6.23. The van der Waals surface area contributed by atoms with Gasteiger partial charge in [-0.05, 0) is 12.3 Å². The molecule has 0 aromatic rings. The van der Waals surface area contributed by atoms with Gasteiger partial charge in [0.05, 0.1) is 6.10 Å². The van der Waals surface area contributed by atoms with Crippen LogP contribution in [0.4, 0.5) is 0 Å². The summed E-state index contributed by atoms with van der Waals surface area (Å²) in [6.45, 7) is 2.87. The third-order valence-electron chi connectivity index (χ3n) is 2.58. The maximum Gasteiger partial charge on any atom is 0.0693 e. The fourth-order valence-electron chi connectivity index (χ4n) is 1.54. The molecular weight excluding hydrogens is 216 g/mol. The molecule has 0 aromatic carbocycles. The summed E-state index contributed by atoms with van der Waals surface area (Å²) in [5.74, 6) is 3.87. The molecule has 84 valence electrons. The fourth-order valence-corrected chi connectivity index (χ4v) is 4.44. The summed E-state index contributed by atoms with van der Waals surface area (Å²) in [7, 11) is 1.71. The van der Waals surface area contributed by atoms with Gasteiger partial charge in [0.1, 0.15) is 0 Å². The minimum absolute atomic E-state index is 0.164. The molecule has 1 rings (SSSR count). The van der Waals surface area contributed by atoms with Crippen molar-refractivity contribution in [2.24, 2.45) is 5.92 Å².